The second-order valence-electron chi connectivity index (χ2n) is 4.49. The van der Waals surface area contributed by atoms with Crippen molar-refractivity contribution in [2.24, 2.45) is 0 Å². The Morgan fingerprint density at radius 1 is 1.04 bits per heavy atom. The van der Waals surface area contributed by atoms with Gasteiger partial charge in [-0.3, -0.25) is 0 Å². The number of ether oxygens (including phenoxy) is 1. The molecule has 7 heteroatoms. The first-order valence-corrected chi connectivity index (χ1v) is 8.77. The number of halogens is 1. The molecule has 4 nitrogen and oxygen atoms in total. The average molecular weight is 347 g/mol. The molecule has 118 valence electrons. The van der Waals surface area contributed by atoms with Crippen molar-refractivity contribution in [1.29, 1.82) is 0 Å². The Kier molecular flexibility index (Phi) is 5.44. The molecule has 0 aliphatic heterocycles. The van der Waals surface area contributed by atoms with Crippen molar-refractivity contribution < 1.29 is 9.13 Å². The van der Waals surface area contributed by atoms with Crippen molar-refractivity contribution in [3.8, 4) is 5.75 Å². The summed E-state index contributed by atoms with van der Waals surface area (Å²) in [5.41, 5.74) is 0.396. The van der Waals surface area contributed by atoms with E-state index in [1.54, 1.807) is 30.0 Å². The molecule has 0 aliphatic rings. The van der Waals surface area contributed by atoms with Crippen LogP contribution in [0.4, 0.5) is 15.2 Å². The topological polar surface area (TPSA) is 47.0 Å². The molecular weight excluding hydrogens is 333 g/mol. The molecule has 0 saturated heterocycles. The molecule has 3 rings (SSSR count). The number of benzene rings is 2. The Morgan fingerprint density at radius 2 is 1.83 bits per heavy atom. The highest BCUT2D eigenvalue weighted by Gasteiger charge is 2.07. The second-order valence-corrected chi connectivity index (χ2v) is 6.81. The van der Waals surface area contributed by atoms with Gasteiger partial charge in [0.2, 0.25) is 5.13 Å². The van der Waals surface area contributed by atoms with Gasteiger partial charge in [-0.1, -0.05) is 53.4 Å². The van der Waals surface area contributed by atoms with E-state index in [9.17, 15) is 4.39 Å². The number of nitrogens with zero attached hydrogens (tertiary/aromatic N) is 2. The van der Waals surface area contributed by atoms with Gasteiger partial charge in [0.05, 0.1) is 12.3 Å². The zero-order valence-electron chi connectivity index (χ0n) is 12.1. The van der Waals surface area contributed by atoms with Gasteiger partial charge in [0.25, 0.3) is 0 Å². The highest BCUT2D eigenvalue weighted by molar-refractivity contribution is 8.01. The third kappa shape index (κ3) is 4.67. The third-order valence-electron chi connectivity index (χ3n) is 2.84. The molecule has 1 N–H and O–H groups in total. The van der Waals surface area contributed by atoms with Crippen LogP contribution < -0.4 is 10.1 Å². The number of aromatic nitrogens is 2. The Labute approximate surface area is 141 Å². The summed E-state index contributed by atoms with van der Waals surface area (Å²) in [4.78, 5) is 0. The van der Waals surface area contributed by atoms with E-state index in [-0.39, 0.29) is 5.82 Å². The third-order valence-corrected chi connectivity index (χ3v) is 4.78. The number of anilines is 2. The summed E-state index contributed by atoms with van der Waals surface area (Å²) < 4.78 is 20.0. The van der Waals surface area contributed by atoms with E-state index in [1.807, 2.05) is 30.3 Å². The largest absolute Gasteiger partial charge is 0.493 e. The van der Waals surface area contributed by atoms with Gasteiger partial charge in [-0.15, -0.1) is 10.2 Å². The summed E-state index contributed by atoms with van der Waals surface area (Å²) in [6.45, 7) is 0.588. The van der Waals surface area contributed by atoms with Crippen molar-refractivity contribution in [3.05, 3.63) is 60.4 Å². The van der Waals surface area contributed by atoms with Gasteiger partial charge in [0.1, 0.15) is 11.6 Å². The minimum atomic E-state index is -0.312. The summed E-state index contributed by atoms with van der Waals surface area (Å²) in [6, 6.07) is 16.2. The lowest BCUT2D eigenvalue weighted by molar-refractivity contribution is 0.344. The first kappa shape index (κ1) is 15.8. The van der Waals surface area contributed by atoms with Crippen molar-refractivity contribution in [3.63, 3.8) is 0 Å². The number of nitrogens with one attached hydrogen (secondary N) is 1. The second kappa shape index (κ2) is 7.94. The van der Waals surface area contributed by atoms with E-state index in [1.165, 1.54) is 17.4 Å². The monoisotopic (exact) mass is 347 g/mol. The van der Waals surface area contributed by atoms with Gasteiger partial charge in [0.15, 0.2) is 4.34 Å². The highest BCUT2D eigenvalue weighted by atomic mass is 32.2. The van der Waals surface area contributed by atoms with Crippen LogP contribution in [0, 0.1) is 5.82 Å². The molecule has 23 heavy (non-hydrogen) atoms. The van der Waals surface area contributed by atoms with Crippen molar-refractivity contribution in [1.82, 2.24) is 10.2 Å². The maximum Gasteiger partial charge on any atom is 0.210 e. The lowest BCUT2D eigenvalue weighted by atomic mass is 10.3. The Bertz CT molecular complexity index is 752. The zero-order chi connectivity index (χ0) is 15.9. The molecule has 1 heterocycles. The van der Waals surface area contributed by atoms with Crippen molar-refractivity contribution in [2.75, 3.05) is 17.7 Å². The number of rotatable bonds is 7. The molecule has 0 atom stereocenters. The predicted molar refractivity (Wildman–Crippen MR) is 92.3 cm³/mol. The SMILES string of the molecule is Fc1ccccc1Nc1nnc(SCCOc2ccccc2)s1. The first-order chi connectivity index (χ1) is 11.3. The van der Waals surface area contributed by atoms with Gasteiger partial charge in [-0.05, 0) is 24.3 Å². The summed E-state index contributed by atoms with van der Waals surface area (Å²) in [5.74, 6) is 1.31. The fourth-order valence-electron chi connectivity index (χ4n) is 1.80. The van der Waals surface area contributed by atoms with Gasteiger partial charge in [0, 0.05) is 5.75 Å². The van der Waals surface area contributed by atoms with E-state index in [0.29, 0.717) is 17.4 Å². The smallest absolute Gasteiger partial charge is 0.210 e. The minimum absolute atomic E-state index is 0.312. The number of hydrogen-bond acceptors (Lipinski definition) is 6. The Balaban J connectivity index is 1.47. The molecule has 0 spiro atoms. The predicted octanol–water partition coefficient (Wildman–Crippen LogP) is 4.59. The van der Waals surface area contributed by atoms with Crippen LogP contribution in [0.1, 0.15) is 0 Å². The normalized spacial score (nSPS) is 10.5. The fourth-order valence-corrected chi connectivity index (χ4v) is 3.45. The van der Waals surface area contributed by atoms with E-state index < -0.39 is 0 Å². The molecule has 0 fully saturated rings. The zero-order valence-corrected chi connectivity index (χ0v) is 13.7. The van der Waals surface area contributed by atoms with E-state index in [4.69, 9.17) is 4.74 Å². The van der Waals surface area contributed by atoms with Gasteiger partial charge in [-0.2, -0.15) is 0 Å². The van der Waals surface area contributed by atoms with Crippen LogP contribution in [0.15, 0.2) is 58.9 Å². The number of para-hydroxylation sites is 2. The number of thioether (sulfide) groups is 1. The van der Waals surface area contributed by atoms with Crippen molar-refractivity contribution >= 4 is 33.9 Å². The Morgan fingerprint density at radius 3 is 2.65 bits per heavy atom. The molecular formula is C16H14FN3OS2. The van der Waals surface area contributed by atoms with Crippen LogP contribution in [0.3, 0.4) is 0 Å². The van der Waals surface area contributed by atoms with Gasteiger partial charge < -0.3 is 10.1 Å². The molecule has 0 saturated carbocycles. The summed E-state index contributed by atoms with van der Waals surface area (Å²) in [7, 11) is 0. The van der Waals surface area contributed by atoms with Crippen LogP contribution in [0.25, 0.3) is 0 Å². The maximum atomic E-state index is 13.6. The van der Waals surface area contributed by atoms with Gasteiger partial charge in [-0.25, -0.2) is 4.39 Å². The molecule has 0 amide bonds. The lowest BCUT2D eigenvalue weighted by Crippen LogP contribution is -1.99. The first-order valence-electron chi connectivity index (χ1n) is 6.97. The fraction of sp³-hybridized carbons (Fsp3) is 0.125. The van der Waals surface area contributed by atoms with Crippen LogP contribution in [0.5, 0.6) is 5.75 Å². The van der Waals surface area contributed by atoms with Crippen LogP contribution in [0.2, 0.25) is 0 Å². The Hall–Kier alpha value is -2.12. The quantitative estimate of drug-likeness (QED) is 0.500. The van der Waals surface area contributed by atoms with Crippen molar-refractivity contribution in [2.45, 2.75) is 4.34 Å². The molecule has 0 unspecified atom stereocenters. The standard InChI is InChI=1S/C16H14FN3OS2/c17-13-8-4-5-9-14(13)18-15-19-20-16(23-15)22-11-10-21-12-6-2-1-3-7-12/h1-9H,10-11H2,(H,18,19). The maximum absolute atomic E-state index is 13.6. The molecule has 0 bridgehead atoms. The average Bonchev–Trinajstić information content (AvgIpc) is 3.02. The number of hydrogen-bond donors (Lipinski definition) is 1. The van der Waals surface area contributed by atoms with E-state index in [0.717, 1.165) is 15.8 Å². The van der Waals surface area contributed by atoms with Crippen LogP contribution in [-0.4, -0.2) is 22.6 Å². The summed E-state index contributed by atoms with van der Waals surface area (Å²) in [6.07, 6.45) is 0. The molecule has 0 radical (unpaired) electrons. The minimum Gasteiger partial charge on any atom is -0.493 e. The highest BCUT2D eigenvalue weighted by Crippen LogP contribution is 2.28. The summed E-state index contributed by atoms with van der Waals surface area (Å²) >= 11 is 2.95. The molecule has 2 aromatic carbocycles. The molecule has 3 aromatic rings. The summed E-state index contributed by atoms with van der Waals surface area (Å²) in [5, 5.41) is 11.6. The lowest BCUT2D eigenvalue weighted by Gasteiger charge is -2.04. The van der Waals surface area contributed by atoms with Gasteiger partial charge >= 0.3 is 0 Å². The van der Waals surface area contributed by atoms with E-state index >= 15 is 0 Å². The van der Waals surface area contributed by atoms with Crippen LogP contribution in [-0.2, 0) is 0 Å². The molecule has 1 aromatic heterocycles. The molecule has 0 aliphatic carbocycles. The van der Waals surface area contributed by atoms with E-state index in [2.05, 4.69) is 15.5 Å². The van der Waals surface area contributed by atoms with Crippen LogP contribution >= 0.6 is 23.1 Å².